The zero-order valence-electron chi connectivity index (χ0n) is 8.57. The fraction of sp³-hybridized carbons (Fsp3) is 1.00. The Morgan fingerprint density at radius 1 is 0.917 bits per heavy atom. The minimum absolute atomic E-state index is 0.744. The molecule has 0 amide bonds. The molecule has 0 aliphatic rings. The van der Waals surface area contributed by atoms with Crippen LogP contribution in [0.3, 0.4) is 0 Å². The zero-order chi connectivity index (χ0) is 9.07. The van der Waals surface area contributed by atoms with Gasteiger partial charge in [0.05, 0.1) is 0 Å². The van der Waals surface area contributed by atoms with Gasteiger partial charge in [0, 0.05) is 6.61 Å². The third-order valence-electron chi connectivity index (χ3n) is 1.88. The van der Waals surface area contributed by atoms with Crippen LogP contribution < -0.4 is 0 Å². The van der Waals surface area contributed by atoms with Gasteiger partial charge in [-0.2, -0.15) is 0 Å². The van der Waals surface area contributed by atoms with E-state index < -0.39 is 0 Å². The topological polar surface area (TPSA) is 9.23 Å². The van der Waals surface area contributed by atoms with E-state index >= 15 is 0 Å². The predicted molar refractivity (Wildman–Crippen MR) is 55.6 cm³/mol. The molecule has 0 aliphatic carbocycles. The van der Waals surface area contributed by atoms with Crippen LogP contribution in [0, 0.1) is 0 Å². The van der Waals surface area contributed by atoms with Crippen LogP contribution in [-0.2, 0) is 4.43 Å². The predicted octanol–water partition coefficient (Wildman–Crippen LogP) is 3.42. The van der Waals surface area contributed by atoms with Gasteiger partial charge in [0.1, 0.15) is 0 Å². The first-order valence-corrected chi connectivity index (χ1v) is 6.38. The minimum Gasteiger partial charge on any atom is -0.418 e. The molecule has 0 bridgehead atoms. The Hall–Kier alpha value is 0.177. The van der Waals surface area contributed by atoms with Crippen molar-refractivity contribution in [2.45, 2.75) is 58.4 Å². The molecule has 0 heterocycles. The van der Waals surface area contributed by atoms with E-state index in [1.165, 1.54) is 44.6 Å². The molecule has 0 unspecified atom stereocenters. The van der Waals surface area contributed by atoms with Crippen molar-refractivity contribution in [1.82, 2.24) is 0 Å². The van der Waals surface area contributed by atoms with E-state index in [1.54, 1.807) is 0 Å². The van der Waals surface area contributed by atoms with Crippen molar-refractivity contribution in [1.29, 1.82) is 0 Å². The second kappa shape index (κ2) is 11.2. The average molecular weight is 186 g/mol. The summed E-state index contributed by atoms with van der Waals surface area (Å²) in [5.41, 5.74) is 0. The molecule has 0 rings (SSSR count). The van der Waals surface area contributed by atoms with Crippen molar-refractivity contribution >= 4 is 9.76 Å². The van der Waals surface area contributed by atoms with Gasteiger partial charge in [-0.05, 0) is 13.0 Å². The summed E-state index contributed by atoms with van der Waals surface area (Å²) in [4.78, 5) is 0. The Morgan fingerprint density at radius 2 is 1.58 bits per heavy atom. The molecule has 0 aliphatic heterocycles. The summed E-state index contributed by atoms with van der Waals surface area (Å²) in [5.74, 6) is 0. The molecule has 0 aromatic carbocycles. The standard InChI is InChI=1S/C10H22OSi/c1-3-5-6-7-8-9-10-12-11-4-2/h3-10H2,1-2H3. The van der Waals surface area contributed by atoms with Crippen LogP contribution in [0.2, 0.25) is 6.04 Å². The maximum atomic E-state index is 5.29. The fourth-order valence-electron chi connectivity index (χ4n) is 1.15. The lowest BCUT2D eigenvalue weighted by Gasteiger charge is -1.99. The van der Waals surface area contributed by atoms with Gasteiger partial charge in [-0.3, -0.25) is 0 Å². The van der Waals surface area contributed by atoms with E-state index in [0.717, 1.165) is 16.4 Å². The van der Waals surface area contributed by atoms with Gasteiger partial charge in [-0.1, -0.05) is 45.4 Å². The lowest BCUT2D eigenvalue weighted by Crippen LogP contribution is -1.96. The van der Waals surface area contributed by atoms with E-state index in [1.807, 2.05) is 0 Å². The van der Waals surface area contributed by atoms with Gasteiger partial charge in [0.15, 0.2) is 0 Å². The van der Waals surface area contributed by atoms with Crippen molar-refractivity contribution in [2.75, 3.05) is 6.61 Å². The van der Waals surface area contributed by atoms with E-state index in [2.05, 4.69) is 13.8 Å². The Kier molecular flexibility index (Phi) is 11.3. The number of hydrogen-bond acceptors (Lipinski definition) is 1. The molecule has 12 heavy (non-hydrogen) atoms. The maximum Gasteiger partial charge on any atom is 0.229 e. The third-order valence-corrected chi connectivity index (χ3v) is 2.93. The van der Waals surface area contributed by atoms with Crippen LogP contribution in [-0.4, -0.2) is 16.4 Å². The van der Waals surface area contributed by atoms with Crippen LogP contribution >= 0.6 is 0 Å². The van der Waals surface area contributed by atoms with Crippen LogP contribution in [0.25, 0.3) is 0 Å². The molecule has 0 saturated heterocycles. The summed E-state index contributed by atoms with van der Waals surface area (Å²) in [6.45, 7) is 5.21. The second-order valence-corrected chi connectivity index (χ2v) is 4.17. The molecule has 0 atom stereocenters. The first-order valence-electron chi connectivity index (χ1n) is 5.26. The van der Waals surface area contributed by atoms with Crippen molar-refractivity contribution in [3.63, 3.8) is 0 Å². The Balaban J connectivity index is 2.73. The smallest absolute Gasteiger partial charge is 0.229 e. The van der Waals surface area contributed by atoms with Gasteiger partial charge in [-0.15, -0.1) is 0 Å². The SMILES string of the molecule is CCCCCCCC[Si]OCC. The molecular weight excluding hydrogens is 164 g/mol. The van der Waals surface area contributed by atoms with Gasteiger partial charge in [-0.25, -0.2) is 0 Å². The Morgan fingerprint density at radius 3 is 2.25 bits per heavy atom. The zero-order valence-corrected chi connectivity index (χ0v) is 9.57. The molecule has 2 radical (unpaired) electrons. The van der Waals surface area contributed by atoms with Gasteiger partial charge >= 0.3 is 0 Å². The van der Waals surface area contributed by atoms with Crippen LogP contribution in [0.1, 0.15) is 52.4 Å². The van der Waals surface area contributed by atoms with Crippen LogP contribution in [0.4, 0.5) is 0 Å². The normalized spacial score (nSPS) is 10.5. The average Bonchev–Trinajstić information content (AvgIpc) is 2.10. The molecule has 0 spiro atoms. The molecule has 0 N–H and O–H groups in total. The molecule has 0 aromatic heterocycles. The molecule has 72 valence electrons. The highest BCUT2D eigenvalue weighted by atomic mass is 28.2. The molecule has 0 saturated carbocycles. The number of hydrogen-bond donors (Lipinski definition) is 0. The largest absolute Gasteiger partial charge is 0.418 e. The van der Waals surface area contributed by atoms with Gasteiger partial charge < -0.3 is 4.43 Å². The number of unbranched alkanes of at least 4 members (excludes halogenated alkanes) is 5. The van der Waals surface area contributed by atoms with Crippen molar-refractivity contribution < 1.29 is 4.43 Å². The number of rotatable bonds is 9. The Bertz CT molecular complexity index is 66.2. The summed E-state index contributed by atoms with van der Waals surface area (Å²) >= 11 is 0. The first-order chi connectivity index (χ1) is 5.91. The molecule has 1 nitrogen and oxygen atoms in total. The summed E-state index contributed by atoms with van der Waals surface area (Å²) < 4.78 is 5.29. The summed E-state index contributed by atoms with van der Waals surface area (Å²) in [6, 6.07) is 1.28. The highest BCUT2D eigenvalue weighted by molar-refractivity contribution is 6.26. The van der Waals surface area contributed by atoms with Crippen molar-refractivity contribution in [3.05, 3.63) is 0 Å². The van der Waals surface area contributed by atoms with Crippen molar-refractivity contribution in [2.24, 2.45) is 0 Å². The van der Waals surface area contributed by atoms with Gasteiger partial charge in [0.25, 0.3) is 0 Å². The maximum absolute atomic E-state index is 5.29. The van der Waals surface area contributed by atoms with Crippen LogP contribution in [0.5, 0.6) is 0 Å². The van der Waals surface area contributed by atoms with Crippen molar-refractivity contribution in [3.8, 4) is 0 Å². The first kappa shape index (κ1) is 12.2. The van der Waals surface area contributed by atoms with E-state index in [0.29, 0.717) is 0 Å². The summed E-state index contributed by atoms with van der Waals surface area (Å²) in [6.07, 6.45) is 8.37. The lowest BCUT2D eigenvalue weighted by atomic mass is 10.1. The van der Waals surface area contributed by atoms with E-state index in [9.17, 15) is 0 Å². The molecule has 0 fully saturated rings. The Labute approximate surface area is 79.8 Å². The molecule has 2 heteroatoms. The monoisotopic (exact) mass is 186 g/mol. The van der Waals surface area contributed by atoms with Gasteiger partial charge in [0.2, 0.25) is 9.76 Å². The van der Waals surface area contributed by atoms with E-state index in [4.69, 9.17) is 4.43 Å². The second-order valence-electron chi connectivity index (χ2n) is 3.10. The highest BCUT2D eigenvalue weighted by Gasteiger charge is 1.91. The fourth-order valence-corrected chi connectivity index (χ4v) is 1.89. The quantitative estimate of drug-likeness (QED) is 0.396. The lowest BCUT2D eigenvalue weighted by molar-refractivity contribution is 0.358. The summed E-state index contributed by atoms with van der Waals surface area (Å²) in [7, 11) is 0.744. The van der Waals surface area contributed by atoms with E-state index in [-0.39, 0.29) is 0 Å². The highest BCUT2D eigenvalue weighted by Crippen LogP contribution is 2.06. The molecular formula is C10H22OSi. The van der Waals surface area contributed by atoms with Crippen LogP contribution in [0.15, 0.2) is 0 Å². The summed E-state index contributed by atoms with van der Waals surface area (Å²) in [5, 5.41) is 0. The third kappa shape index (κ3) is 10.2. The molecule has 0 aromatic rings. The minimum atomic E-state index is 0.744.